The maximum absolute atomic E-state index is 13.4. The highest BCUT2D eigenvalue weighted by molar-refractivity contribution is 9.10. The molecule has 1 aromatic heterocycles. The summed E-state index contributed by atoms with van der Waals surface area (Å²) in [5, 5.41) is 28.4. The molecule has 10 nitrogen and oxygen atoms in total. The number of nitrogens with zero attached hydrogens (tertiary/aromatic N) is 5. The number of anilines is 2. The summed E-state index contributed by atoms with van der Waals surface area (Å²) in [6, 6.07) is 4.95. The van der Waals surface area contributed by atoms with E-state index in [1.807, 2.05) is 5.06 Å². The van der Waals surface area contributed by atoms with E-state index in [4.69, 9.17) is 8.91 Å². The molecule has 0 amide bonds. The highest BCUT2D eigenvalue weighted by Crippen LogP contribution is 2.32. The van der Waals surface area contributed by atoms with Gasteiger partial charge in [0.25, 0.3) is 0 Å². The number of oxime groups is 1. The molecule has 4 rings (SSSR count). The van der Waals surface area contributed by atoms with Crippen molar-refractivity contribution in [2.75, 3.05) is 37.3 Å². The normalized spacial score (nSPS) is 19.2. The first-order valence-electron chi connectivity index (χ1n) is 9.87. The predicted molar refractivity (Wildman–Crippen MR) is 128 cm³/mol. The second-order valence-corrected chi connectivity index (χ2v) is 9.24. The van der Waals surface area contributed by atoms with Crippen LogP contribution in [0, 0.1) is 11.7 Å². The average Bonchev–Trinajstić information content (AvgIpc) is 3.35. The van der Waals surface area contributed by atoms with E-state index in [0.717, 1.165) is 19.5 Å². The minimum absolute atomic E-state index is 0. The standard InChI is InChI=1S/C18H23BrFN7O3S.H2S/c1-26(13-3-4-13)31-30-27-7-6-11(10-27)9-21-17-16(24-29-25-17)18(23-28)22-12-2-5-15(20)14(19)8-12;/h2,5,8,11,13,28H,3-4,6-7,9-10H2,1H3,(H,21,25)(H,22,23);1H2. The van der Waals surface area contributed by atoms with Crippen molar-refractivity contribution in [3.8, 4) is 0 Å². The van der Waals surface area contributed by atoms with Crippen molar-refractivity contribution >= 4 is 59.0 Å². The lowest BCUT2D eigenvalue weighted by Gasteiger charge is -2.19. The number of halogens is 2. The Bertz CT molecular complexity index is 934. The monoisotopic (exact) mass is 549 g/mol. The van der Waals surface area contributed by atoms with Crippen molar-refractivity contribution in [2.24, 2.45) is 11.1 Å². The van der Waals surface area contributed by atoms with E-state index in [2.05, 4.69) is 53.4 Å². The molecular weight excluding hydrogens is 525 g/mol. The summed E-state index contributed by atoms with van der Waals surface area (Å²) in [6.07, 6.45) is 3.45. The molecule has 1 atom stereocenters. The van der Waals surface area contributed by atoms with Gasteiger partial charge in [0, 0.05) is 31.4 Å². The fourth-order valence-electron chi connectivity index (χ4n) is 3.17. The molecule has 0 spiro atoms. The molecule has 0 bridgehead atoms. The van der Waals surface area contributed by atoms with Crippen LogP contribution in [-0.4, -0.2) is 63.4 Å². The van der Waals surface area contributed by atoms with Crippen LogP contribution in [0.25, 0.3) is 0 Å². The number of amidine groups is 1. The van der Waals surface area contributed by atoms with Gasteiger partial charge in [0.2, 0.25) is 11.7 Å². The Morgan fingerprint density at radius 2 is 2.25 bits per heavy atom. The highest BCUT2D eigenvalue weighted by Gasteiger charge is 2.30. The van der Waals surface area contributed by atoms with Crippen molar-refractivity contribution < 1.29 is 18.5 Å². The summed E-state index contributed by atoms with van der Waals surface area (Å²) in [5.41, 5.74) is 0.725. The molecule has 1 unspecified atom stereocenters. The molecule has 32 heavy (non-hydrogen) atoms. The first-order valence-corrected chi connectivity index (χ1v) is 11.4. The zero-order valence-corrected chi connectivity index (χ0v) is 20.7. The number of aromatic nitrogens is 2. The third kappa shape index (κ3) is 6.48. The van der Waals surface area contributed by atoms with E-state index in [1.165, 1.54) is 43.3 Å². The Labute approximate surface area is 204 Å². The van der Waals surface area contributed by atoms with Gasteiger partial charge in [-0.15, -0.1) is 0 Å². The van der Waals surface area contributed by atoms with Crippen molar-refractivity contribution in [1.82, 2.24) is 19.7 Å². The van der Waals surface area contributed by atoms with E-state index in [1.54, 1.807) is 0 Å². The number of benzene rings is 1. The lowest BCUT2D eigenvalue weighted by Crippen LogP contribution is -2.24. The van der Waals surface area contributed by atoms with E-state index in [-0.39, 0.29) is 29.5 Å². The smallest absolute Gasteiger partial charge is 0.203 e. The van der Waals surface area contributed by atoms with E-state index in [9.17, 15) is 9.60 Å². The van der Waals surface area contributed by atoms with Gasteiger partial charge in [-0.3, -0.25) is 0 Å². The number of rotatable bonds is 9. The van der Waals surface area contributed by atoms with Crippen LogP contribution in [0.3, 0.4) is 0 Å². The van der Waals surface area contributed by atoms with Crippen molar-refractivity contribution in [3.05, 3.63) is 34.2 Å². The molecule has 2 aliphatic rings. The van der Waals surface area contributed by atoms with E-state index < -0.39 is 5.82 Å². The third-order valence-electron chi connectivity index (χ3n) is 5.12. The van der Waals surface area contributed by atoms with Crippen molar-refractivity contribution in [3.63, 3.8) is 0 Å². The largest absolute Gasteiger partial charge is 0.409 e. The van der Waals surface area contributed by atoms with Crippen LogP contribution >= 0.6 is 41.7 Å². The first kappa shape index (κ1) is 25.1. The van der Waals surface area contributed by atoms with Crippen LogP contribution in [0.1, 0.15) is 25.0 Å². The minimum atomic E-state index is -0.398. The molecule has 1 saturated heterocycles. The fourth-order valence-corrected chi connectivity index (χ4v) is 4.22. The van der Waals surface area contributed by atoms with Crippen LogP contribution in [0.5, 0.6) is 0 Å². The molecule has 1 saturated carbocycles. The molecule has 176 valence electrons. The van der Waals surface area contributed by atoms with Crippen LogP contribution in [0.2, 0.25) is 0 Å². The molecule has 1 aliphatic heterocycles. The lowest BCUT2D eigenvalue weighted by molar-refractivity contribution is -0.0195. The Kier molecular flexibility index (Phi) is 9.02. The zero-order valence-electron chi connectivity index (χ0n) is 17.3. The van der Waals surface area contributed by atoms with Gasteiger partial charge in [-0.05, 0) is 76.7 Å². The van der Waals surface area contributed by atoms with E-state index in [0.29, 0.717) is 30.0 Å². The highest BCUT2D eigenvalue weighted by atomic mass is 79.9. The summed E-state index contributed by atoms with van der Waals surface area (Å²) in [7, 11) is 2.05. The lowest BCUT2D eigenvalue weighted by atomic mass is 10.1. The van der Waals surface area contributed by atoms with Gasteiger partial charge in [0.05, 0.1) is 4.47 Å². The molecule has 2 fully saturated rings. The van der Waals surface area contributed by atoms with Crippen molar-refractivity contribution in [2.45, 2.75) is 25.3 Å². The van der Waals surface area contributed by atoms with Gasteiger partial charge < -0.3 is 15.8 Å². The number of nitrogens with one attached hydrogen (secondary N) is 2. The van der Waals surface area contributed by atoms with Crippen LogP contribution < -0.4 is 10.6 Å². The molecule has 2 aromatic rings. The quantitative estimate of drug-likeness (QED) is 0.107. The van der Waals surface area contributed by atoms with Gasteiger partial charge in [-0.25, -0.2) is 17.6 Å². The SMILES string of the molecule is CN(SON1CCC(CNc2nonc2/C(=N/O)Nc2ccc(F)c(Br)c2)C1)C1CC1.S. The zero-order chi connectivity index (χ0) is 21.8. The second kappa shape index (κ2) is 11.5. The topological polar surface area (TPSA) is 111 Å². The van der Waals surface area contributed by atoms with Gasteiger partial charge in [-0.2, -0.15) is 18.6 Å². The minimum Gasteiger partial charge on any atom is -0.409 e. The summed E-state index contributed by atoms with van der Waals surface area (Å²) < 4.78 is 26.5. The summed E-state index contributed by atoms with van der Waals surface area (Å²) in [4.78, 5) is 0. The first-order chi connectivity index (χ1) is 15.0. The van der Waals surface area contributed by atoms with Gasteiger partial charge in [0.1, 0.15) is 18.0 Å². The van der Waals surface area contributed by atoms with Gasteiger partial charge in [-0.1, -0.05) is 5.16 Å². The Morgan fingerprint density at radius 3 is 2.97 bits per heavy atom. The molecule has 14 heteroatoms. The van der Waals surface area contributed by atoms with Crippen LogP contribution in [0.4, 0.5) is 15.9 Å². The summed E-state index contributed by atoms with van der Waals surface area (Å²) >= 11 is 4.52. The Balaban J connectivity index is 0.00000289. The van der Waals surface area contributed by atoms with Gasteiger partial charge in [0.15, 0.2) is 5.69 Å². The van der Waals surface area contributed by atoms with Crippen LogP contribution in [0.15, 0.2) is 32.5 Å². The summed E-state index contributed by atoms with van der Waals surface area (Å²) in [6.45, 7) is 2.28. The molecule has 3 N–H and O–H groups in total. The second-order valence-electron chi connectivity index (χ2n) is 7.51. The van der Waals surface area contributed by atoms with Gasteiger partial charge >= 0.3 is 0 Å². The number of hydrogen-bond donors (Lipinski definition) is 3. The molecule has 2 heterocycles. The molecule has 1 aliphatic carbocycles. The predicted octanol–water partition coefficient (Wildman–Crippen LogP) is 3.65. The molecular formula is C18H25BrFN7O3S2. The summed E-state index contributed by atoms with van der Waals surface area (Å²) in [5.74, 6) is 0.333. The molecule has 0 radical (unpaired) electrons. The Morgan fingerprint density at radius 1 is 1.44 bits per heavy atom. The third-order valence-corrected chi connectivity index (χ3v) is 6.54. The number of hydroxylamine groups is 2. The molecule has 1 aromatic carbocycles. The average molecular weight is 550 g/mol. The maximum Gasteiger partial charge on any atom is 0.203 e. The number of hydrogen-bond acceptors (Lipinski definition) is 10. The fraction of sp³-hybridized carbons (Fsp3) is 0.500. The van der Waals surface area contributed by atoms with Crippen LogP contribution in [-0.2, 0) is 4.28 Å². The maximum atomic E-state index is 13.4. The Hall–Kier alpha value is -1.58. The van der Waals surface area contributed by atoms with E-state index >= 15 is 0 Å². The van der Waals surface area contributed by atoms with Crippen molar-refractivity contribution in [1.29, 1.82) is 0 Å².